The van der Waals surface area contributed by atoms with Gasteiger partial charge in [-0.2, -0.15) is 4.31 Å². The number of carboxylic acids is 1. The first-order valence-corrected chi connectivity index (χ1v) is 9.42. The number of nitrogens with zero attached hydrogens (tertiary/aromatic N) is 2. The lowest BCUT2D eigenvalue weighted by atomic mass is 10.0. The molecule has 1 aromatic rings. The molecule has 1 saturated heterocycles. The first-order chi connectivity index (χ1) is 11.3. The second-order valence-electron chi connectivity index (χ2n) is 6.18. The summed E-state index contributed by atoms with van der Waals surface area (Å²) >= 11 is 0. The Labute approximate surface area is 140 Å². The summed E-state index contributed by atoms with van der Waals surface area (Å²) in [6.45, 7) is 2.22. The van der Waals surface area contributed by atoms with Gasteiger partial charge in [0.2, 0.25) is 15.9 Å². The van der Waals surface area contributed by atoms with Crippen LogP contribution in [0, 0.1) is 0 Å². The number of carbonyl (C=O) groups excluding carboxylic acids is 1. The second-order valence-corrected chi connectivity index (χ2v) is 8.07. The number of fused-ring (bicyclic) bond motifs is 1. The van der Waals surface area contributed by atoms with E-state index in [0.29, 0.717) is 25.1 Å². The van der Waals surface area contributed by atoms with Crippen molar-refractivity contribution in [3.05, 3.63) is 23.8 Å². The number of benzene rings is 1. The average Bonchev–Trinajstić information content (AvgIpc) is 3.04. The van der Waals surface area contributed by atoms with Gasteiger partial charge in [0.25, 0.3) is 0 Å². The zero-order valence-corrected chi connectivity index (χ0v) is 14.3. The molecular weight excluding hydrogens is 332 g/mol. The smallest absolute Gasteiger partial charge is 0.322 e. The molecule has 1 aromatic carbocycles. The summed E-state index contributed by atoms with van der Waals surface area (Å²) in [6.07, 6.45) is 2.48. The van der Waals surface area contributed by atoms with E-state index in [-0.39, 0.29) is 17.3 Å². The normalized spacial score (nSPS) is 21.5. The van der Waals surface area contributed by atoms with Gasteiger partial charge >= 0.3 is 5.97 Å². The second kappa shape index (κ2) is 6.18. The van der Waals surface area contributed by atoms with Crippen LogP contribution < -0.4 is 4.90 Å². The number of carboxylic acid groups (broad SMARTS) is 1. The molecule has 1 amide bonds. The molecule has 0 aliphatic carbocycles. The molecule has 3 rings (SSSR count). The van der Waals surface area contributed by atoms with E-state index in [0.717, 1.165) is 22.7 Å². The summed E-state index contributed by atoms with van der Waals surface area (Å²) in [7, 11) is -3.90. The molecular formula is C16H20N2O5S. The summed E-state index contributed by atoms with van der Waals surface area (Å²) in [4.78, 5) is 24.7. The third-order valence-corrected chi connectivity index (χ3v) is 6.56. The van der Waals surface area contributed by atoms with Crippen LogP contribution in [-0.2, 0) is 26.0 Å². The molecule has 8 heteroatoms. The first-order valence-electron chi connectivity index (χ1n) is 7.98. The van der Waals surface area contributed by atoms with Crippen molar-refractivity contribution in [1.82, 2.24) is 4.31 Å². The predicted octanol–water partition coefficient (Wildman–Crippen LogP) is 1.22. The number of hydrogen-bond donors (Lipinski definition) is 1. The molecule has 0 aromatic heterocycles. The SMILES string of the molecule is CC(=O)N1CCCc2ccc(S(=O)(=O)N3CCCC3C(=O)O)cc21. The third kappa shape index (κ3) is 2.80. The highest BCUT2D eigenvalue weighted by molar-refractivity contribution is 7.89. The highest BCUT2D eigenvalue weighted by Crippen LogP contribution is 2.33. The van der Waals surface area contributed by atoms with Gasteiger partial charge in [-0.05, 0) is 43.4 Å². The van der Waals surface area contributed by atoms with E-state index in [1.807, 2.05) is 0 Å². The van der Waals surface area contributed by atoms with Gasteiger partial charge in [-0.15, -0.1) is 0 Å². The number of aliphatic carboxylic acids is 1. The average molecular weight is 352 g/mol. The maximum Gasteiger partial charge on any atom is 0.322 e. The monoisotopic (exact) mass is 352 g/mol. The molecule has 130 valence electrons. The van der Waals surface area contributed by atoms with Crippen LogP contribution in [0.15, 0.2) is 23.1 Å². The van der Waals surface area contributed by atoms with Gasteiger partial charge in [0, 0.05) is 25.7 Å². The van der Waals surface area contributed by atoms with E-state index in [1.165, 1.54) is 19.1 Å². The molecule has 1 unspecified atom stereocenters. The van der Waals surface area contributed by atoms with Gasteiger partial charge in [0.05, 0.1) is 4.90 Å². The molecule has 7 nitrogen and oxygen atoms in total. The lowest BCUT2D eigenvalue weighted by Crippen LogP contribution is -2.40. The number of amides is 1. The third-order valence-electron chi connectivity index (χ3n) is 4.65. The van der Waals surface area contributed by atoms with Crippen LogP contribution in [0.25, 0.3) is 0 Å². The Bertz CT molecular complexity index is 790. The number of hydrogen-bond acceptors (Lipinski definition) is 4. The molecule has 2 aliphatic heterocycles. The maximum absolute atomic E-state index is 12.9. The van der Waals surface area contributed by atoms with Gasteiger partial charge in [0.1, 0.15) is 6.04 Å². The molecule has 1 atom stereocenters. The van der Waals surface area contributed by atoms with Crippen molar-refractivity contribution in [2.24, 2.45) is 0 Å². The Morgan fingerprint density at radius 2 is 1.96 bits per heavy atom. The van der Waals surface area contributed by atoms with Gasteiger partial charge in [-0.3, -0.25) is 9.59 Å². The van der Waals surface area contributed by atoms with Gasteiger partial charge in [-0.1, -0.05) is 6.07 Å². The van der Waals surface area contributed by atoms with Crippen molar-refractivity contribution in [1.29, 1.82) is 0 Å². The molecule has 0 bridgehead atoms. The highest BCUT2D eigenvalue weighted by Gasteiger charge is 2.39. The van der Waals surface area contributed by atoms with Crippen molar-refractivity contribution < 1.29 is 23.1 Å². The van der Waals surface area contributed by atoms with E-state index in [9.17, 15) is 23.1 Å². The van der Waals surface area contributed by atoms with E-state index < -0.39 is 22.0 Å². The van der Waals surface area contributed by atoms with E-state index in [2.05, 4.69) is 0 Å². The Morgan fingerprint density at radius 1 is 1.21 bits per heavy atom. The molecule has 0 spiro atoms. The van der Waals surface area contributed by atoms with E-state index in [1.54, 1.807) is 11.0 Å². The van der Waals surface area contributed by atoms with Crippen LogP contribution in [0.4, 0.5) is 5.69 Å². The maximum atomic E-state index is 12.9. The van der Waals surface area contributed by atoms with Crippen molar-refractivity contribution in [2.45, 2.75) is 43.5 Å². The van der Waals surface area contributed by atoms with Gasteiger partial charge in [0.15, 0.2) is 0 Å². The summed E-state index contributed by atoms with van der Waals surface area (Å²) < 4.78 is 26.8. The predicted molar refractivity (Wildman–Crippen MR) is 87.3 cm³/mol. The van der Waals surface area contributed by atoms with Crippen LogP contribution in [0.5, 0.6) is 0 Å². The number of sulfonamides is 1. The topological polar surface area (TPSA) is 95.0 Å². The van der Waals surface area contributed by atoms with Crippen LogP contribution in [0.3, 0.4) is 0 Å². The van der Waals surface area contributed by atoms with E-state index in [4.69, 9.17) is 0 Å². The zero-order chi connectivity index (χ0) is 17.5. The summed E-state index contributed by atoms with van der Waals surface area (Å²) in [5.41, 5.74) is 1.55. The number of aryl methyl sites for hydroxylation is 1. The summed E-state index contributed by atoms with van der Waals surface area (Å²) in [5.74, 6) is -1.26. The minimum atomic E-state index is -3.90. The highest BCUT2D eigenvalue weighted by atomic mass is 32.2. The molecule has 2 aliphatic rings. The molecule has 1 N–H and O–H groups in total. The first kappa shape index (κ1) is 16.9. The van der Waals surface area contributed by atoms with Gasteiger partial charge in [-0.25, -0.2) is 8.42 Å². The van der Waals surface area contributed by atoms with Crippen molar-refractivity contribution in [2.75, 3.05) is 18.0 Å². The summed E-state index contributed by atoms with van der Waals surface area (Å²) in [6, 6.07) is 3.72. The van der Waals surface area contributed by atoms with E-state index >= 15 is 0 Å². The fraction of sp³-hybridized carbons (Fsp3) is 0.500. The number of rotatable bonds is 3. The molecule has 2 heterocycles. The molecule has 1 fully saturated rings. The minimum absolute atomic E-state index is 0.0440. The Kier molecular flexibility index (Phi) is 4.35. The standard InChI is InChI=1S/C16H20N2O5S/c1-11(19)17-8-2-4-12-6-7-13(10-15(12)17)24(22,23)18-9-3-5-14(18)16(20)21/h6-7,10,14H,2-5,8-9H2,1H3,(H,20,21). The lowest BCUT2D eigenvalue weighted by molar-refractivity contribution is -0.140. The fourth-order valence-corrected chi connectivity index (χ4v) is 5.12. The molecule has 24 heavy (non-hydrogen) atoms. The lowest BCUT2D eigenvalue weighted by Gasteiger charge is -2.29. The molecule has 0 radical (unpaired) electrons. The zero-order valence-electron chi connectivity index (χ0n) is 13.4. The Morgan fingerprint density at radius 3 is 2.62 bits per heavy atom. The van der Waals surface area contributed by atoms with Crippen LogP contribution in [-0.4, -0.2) is 48.8 Å². The number of anilines is 1. The van der Waals surface area contributed by atoms with Crippen LogP contribution >= 0.6 is 0 Å². The largest absolute Gasteiger partial charge is 0.480 e. The van der Waals surface area contributed by atoms with Crippen molar-refractivity contribution in [3.8, 4) is 0 Å². The quantitative estimate of drug-likeness (QED) is 0.883. The fourth-order valence-electron chi connectivity index (χ4n) is 3.45. The number of carbonyl (C=O) groups is 2. The van der Waals surface area contributed by atoms with Crippen LogP contribution in [0.2, 0.25) is 0 Å². The minimum Gasteiger partial charge on any atom is -0.480 e. The Balaban J connectivity index is 2.02. The summed E-state index contributed by atoms with van der Waals surface area (Å²) in [5, 5.41) is 9.24. The Hall–Kier alpha value is -1.93. The van der Waals surface area contributed by atoms with Crippen LogP contribution in [0.1, 0.15) is 31.7 Å². The van der Waals surface area contributed by atoms with Gasteiger partial charge < -0.3 is 10.0 Å². The van der Waals surface area contributed by atoms with Crippen molar-refractivity contribution >= 4 is 27.6 Å². The molecule has 0 saturated carbocycles. The van der Waals surface area contributed by atoms with Crippen molar-refractivity contribution in [3.63, 3.8) is 0 Å².